The number of carbonyl (C=O) groups excluding carboxylic acids is 1. The fourth-order valence-corrected chi connectivity index (χ4v) is 3.61. The van der Waals surface area contributed by atoms with Gasteiger partial charge in [-0.05, 0) is 25.8 Å². The first-order valence-electron chi connectivity index (χ1n) is 8.31. The molecule has 0 saturated carbocycles. The fourth-order valence-electron chi connectivity index (χ4n) is 3.61. The molecule has 1 fully saturated rings. The molecule has 23 heavy (non-hydrogen) atoms. The van der Waals surface area contributed by atoms with Gasteiger partial charge in [-0.25, -0.2) is 5.01 Å². The summed E-state index contributed by atoms with van der Waals surface area (Å²) in [5.74, 6) is 0.881. The number of likely N-dealkylation sites (N-methyl/N-ethyl adjacent to an activating group) is 1. The molecule has 1 aliphatic heterocycles. The second kappa shape index (κ2) is 5.92. The second-order valence-corrected chi connectivity index (χ2v) is 7.69. The van der Waals surface area contributed by atoms with Gasteiger partial charge in [0.25, 0.3) is 0 Å². The predicted molar refractivity (Wildman–Crippen MR) is 87.0 cm³/mol. The third-order valence-corrected chi connectivity index (χ3v) is 4.96. The van der Waals surface area contributed by atoms with Crippen LogP contribution in [0, 0.1) is 12.3 Å². The lowest BCUT2D eigenvalue weighted by Gasteiger charge is -2.32. The summed E-state index contributed by atoms with van der Waals surface area (Å²) in [6, 6.07) is 0. The highest BCUT2D eigenvalue weighted by Gasteiger charge is 2.37. The van der Waals surface area contributed by atoms with Gasteiger partial charge >= 0.3 is 5.91 Å². The van der Waals surface area contributed by atoms with Crippen molar-refractivity contribution in [3.63, 3.8) is 0 Å². The Morgan fingerprint density at radius 2 is 1.96 bits per heavy atom. The van der Waals surface area contributed by atoms with E-state index in [-0.39, 0.29) is 11.3 Å². The molecule has 2 N–H and O–H groups in total. The molecule has 1 atom stereocenters. The minimum atomic E-state index is -0.553. The number of hydrazine groups is 1. The molecule has 2 heterocycles. The average Bonchev–Trinajstić information content (AvgIpc) is 2.77. The first-order chi connectivity index (χ1) is 10.8. The van der Waals surface area contributed by atoms with Crippen molar-refractivity contribution in [3.05, 3.63) is 22.6 Å². The lowest BCUT2D eigenvalue weighted by Crippen LogP contribution is -2.52. The van der Waals surface area contributed by atoms with Crippen LogP contribution in [0.3, 0.4) is 0 Å². The SMILES string of the molecule is Cc1c(C(=O)NN2CCN(C)CC2)oc2c1C(O)CC(C)(C)C2. The third kappa shape index (κ3) is 3.29. The Balaban J connectivity index is 1.77. The molecule has 0 radical (unpaired) electrons. The van der Waals surface area contributed by atoms with Gasteiger partial charge in [0.05, 0.1) is 6.10 Å². The molecule has 0 bridgehead atoms. The van der Waals surface area contributed by atoms with Crippen molar-refractivity contribution in [1.29, 1.82) is 0 Å². The number of carbonyl (C=O) groups is 1. The Hall–Kier alpha value is -1.37. The van der Waals surface area contributed by atoms with Crippen LogP contribution in [0.5, 0.6) is 0 Å². The zero-order valence-corrected chi connectivity index (χ0v) is 14.5. The number of aliphatic hydroxyl groups excluding tert-OH is 1. The Kier molecular flexibility index (Phi) is 4.25. The summed E-state index contributed by atoms with van der Waals surface area (Å²) < 4.78 is 5.86. The highest BCUT2D eigenvalue weighted by atomic mass is 16.4. The Bertz CT molecular complexity index is 600. The molecule has 0 aromatic carbocycles. The first-order valence-corrected chi connectivity index (χ1v) is 8.31. The summed E-state index contributed by atoms with van der Waals surface area (Å²) in [5.41, 5.74) is 4.51. The zero-order valence-electron chi connectivity index (χ0n) is 14.5. The number of aliphatic hydroxyl groups is 1. The molecule has 128 valence electrons. The molecule has 1 saturated heterocycles. The van der Waals surface area contributed by atoms with Crippen LogP contribution in [-0.2, 0) is 6.42 Å². The van der Waals surface area contributed by atoms with Crippen LogP contribution in [0.1, 0.15) is 53.8 Å². The maximum Gasteiger partial charge on any atom is 0.301 e. The van der Waals surface area contributed by atoms with Crippen LogP contribution in [-0.4, -0.2) is 54.1 Å². The van der Waals surface area contributed by atoms with Crippen molar-refractivity contribution in [3.8, 4) is 0 Å². The maximum absolute atomic E-state index is 12.6. The van der Waals surface area contributed by atoms with Crippen molar-refractivity contribution < 1.29 is 14.3 Å². The van der Waals surface area contributed by atoms with E-state index in [9.17, 15) is 9.90 Å². The number of hydrogen-bond acceptors (Lipinski definition) is 5. The Labute approximate surface area is 137 Å². The van der Waals surface area contributed by atoms with Gasteiger partial charge in [-0.15, -0.1) is 0 Å². The van der Waals surface area contributed by atoms with Gasteiger partial charge in [-0.2, -0.15) is 0 Å². The van der Waals surface area contributed by atoms with Crippen molar-refractivity contribution in [2.24, 2.45) is 5.41 Å². The molecule has 2 aliphatic rings. The van der Waals surface area contributed by atoms with Crippen molar-refractivity contribution in [1.82, 2.24) is 15.3 Å². The van der Waals surface area contributed by atoms with E-state index in [1.807, 2.05) is 11.9 Å². The molecular formula is C17H27N3O3. The number of amides is 1. The Morgan fingerprint density at radius 1 is 1.30 bits per heavy atom. The van der Waals surface area contributed by atoms with Crippen molar-refractivity contribution in [2.45, 2.75) is 39.7 Å². The molecule has 1 aromatic rings. The molecule has 6 heteroatoms. The van der Waals surface area contributed by atoms with E-state index in [0.29, 0.717) is 12.2 Å². The molecule has 0 spiro atoms. The van der Waals surface area contributed by atoms with Gasteiger partial charge in [-0.1, -0.05) is 13.8 Å². The van der Waals surface area contributed by atoms with E-state index in [1.54, 1.807) is 0 Å². The van der Waals surface area contributed by atoms with Gasteiger partial charge in [0.15, 0.2) is 5.76 Å². The van der Waals surface area contributed by atoms with Crippen LogP contribution in [0.2, 0.25) is 0 Å². The number of furan rings is 1. The first kappa shape index (κ1) is 16.5. The van der Waals surface area contributed by atoms with E-state index in [1.165, 1.54) is 0 Å². The molecular weight excluding hydrogens is 294 g/mol. The second-order valence-electron chi connectivity index (χ2n) is 7.69. The third-order valence-electron chi connectivity index (χ3n) is 4.96. The number of nitrogens with one attached hydrogen (secondary N) is 1. The zero-order chi connectivity index (χ0) is 16.8. The van der Waals surface area contributed by atoms with E-state index in [2.05, 4.69) is 31.2 Å². The summed E-state index contributed by atoms with van der Waals surface area (Å²) >= 11 is 0. The highest BCUT2D eigenvalue weighted by molar-refractivity contribution is 5.93. The number of rotatable bonds is 2. The molecule has 1 unspecified atom stereocenters. The van der Waals surface area contributed by atoms with Crippen LogP contribution >= 0.6 is 0 Å². The van der Waals surface area contributed by atoms with Crippen LogP contribution in [0.15, 0.2) is 4.42 Å². The molecule has 6 nitrogen and oxygen atoms in total. The molecule has 1 amide bonds. The predicted octanol–water partition coefficient (Wildman–Crippen LogP) is 1.49. The topological polar surface area (TPSA) is 69.0 Å². The normalized spacial score (nSPS) is 25.2. The number of piperazine rings is 1. The van der Waals surface area contributed by atoms with Crippen LogP contribution < -0.4 is 5.43 Å². The standard InChI is InChI=1S/C17H27N3O3/c1-11-14-12(21)9-17(2,3)10-13(14)23-15(11)16(22)18-20-7-5-19(4)6-8-20/h12,21H,5-10H2,1-4H3,(H,18,22). The van der Waals surface area contributed by atoms with Crippen LogP contribution in [0.25, 0.3) is 0 Å². The van der Waals surface area contributed by atoms with Gasteiger partial charge in [0, 0.05) is 43.7 Å². The van der Waals surface area contributed by atoms with E-state index in [0.717, 1.165) is 49.5 Å². The molecule has 1 aliphatic carbocycles. The van der Waals surface area contributed by atoms with E-state index >= 15 is 0 Å². The lowest BCUT2D eigenvalue weighted by atomic mass is 9.75. The number of nitrogens with zero attached hydrogens (tertiary/aromatic N) is 2. The van der Waals surface area contributed by atoms with Gasteiger partial charge < -0.3 is 14.4 Å². The van der Waals surface area contributed by atoms with Gasteiger partial charge in [-0.3, -0.25) is 10.2 Å². The quantitative estimate of drug-likeness (QED) is 0.864. The largest absolute Gasteiger partial charge is 0.455 e. The van der Waals surface area contributed by atoms with Gasteiger partial charge in [0.1, 0.15) is 5.76 Å². The number of hydrogen-bond donors (Lipinski definition) is 2. The lowest BCUT2D eigenvalue weighted by molar-refractivity contribution is 0.0630. The fraction of sp³-hybridized carbons (Fsp3) is 0.706. The minimum absolute atomic E-state index is 0.0120. The van der Waals surface area contributed by atoms with E-state index in [4.69, 9.17) is 4.42 Å². The van der Waals surface area contributed by atoms with Crippen molar-refractivity contribution in [2.75, 3.05) is 33.2 Å². The highest BCUT2D eigenvalue weighted by Crippen LogP contribution is 2.43. The Morgan fingerprint density at radius 3 is 2.61 bits per heavy atom. The van der Waals surface area contributed by atoms with Gasteiger partial charge in [0.2, 0.25) is 0 Å². The summed E-state index contributed by atoms with van der Waals surface area (Å²) in [6.07, 6.45) is 0.893. The monoisotopic (exact) mass is 321 g/mol. The van der Waals surface area contributed by atoms with E-state index < -0.39 is 6.10 Å². The summed E-state index contributed by atoms with van der Waals surface area (Å²) in [6.45, 7) is 9.56. The smallest absolute Gasteiger partial charge is 0.301 e. The maximum atomic E-state index is 12.6. The van der Waals surface area contributed by atoms with Crippen LogP contribution in [0.4, 0.5) is 0 Å². The summed E-state index contributed by atoms with van der Waals surface area (Å²) in [5, 5.41) is 12.4. The number of fused-ring (bicyclic) bond motifs is 1. The summed E-state index contributed by atoms with van der Waals surface area (Å²) in [7, 11) is 2.08. The molecule has 3 rings (SSSR count). The average molecular weight is 321 g/mol. The minimum Gasteiger partial charge on any atom is -0.455 e. The molecule has 1 aromatic heterocycles. The van der Waals surface area contributed by atoms with Crippen molar-refractivity contribution >= 4 is 5.91 Å². The summed E-state index contributed by atoms with van der Waals surface area (Å²) in [4.78, 5) is 14.8.